The monoisotopic (exact) mass is 431 g/mol. The van der Waals surface area contributed by atoms with Crippen LogP contribution in [0.3, 0.4) is 0 Å². The molecule has 2 aromatic rings. The zero-order valence-electron chi connectivity index (χ0n) is 17.5. The highest BCUT2D eigenvalue weighted by atomic mass is 16.5. The van der Waals surface area contributed by atoms with Crippen LogP contribution >= 0.6 is 0 Å². The minimum absolute atomic E-state index is 0.0236. The number of aliphatic hydroxyl groups excluding tert-OH is 2. The quantitative estimate of drug-likeness (QED) is 0.524. The number of rotatable bonds is 9. The summed E-state index contributed by atoms with van der Waals surface area (Å²) in [5.41, 5.74) is 1.75. The molecule has 8 nitrogen and oxygen atoms in total. The van der Waals surface area contributed by atoms with Crippen molar-refractivity contribution in [1.82, 2.24) is 4.90 Å². The fraction of sp³-hybridized carbons (Fsp3) is 0.435. The van der Waals surface area contributed by atoms with Crippen LogP contribution in [-0.4, -0.2) is 71.9 Å². The fourth-order valence-corrected chi connectivity index (χ4v) is 3.75. The molecule has 0 unspecified atom stereocenters. The van der Waals surface area contributed by atoms with Gasteiger partial charge in [-0.15, -0.1) is 0 Å². The van der Waals surface area contributed by atoms with Gasteiger partial charge in [0.2, 0.25) is 0 Å². The van der Waals surface area contributed by atoms with Gasteiger partial charge in [0, 0.05) is 17.9 Å². The highest BCUT2D eigenvalue weighted by Gasteiger charge is 2.37. The summed E-state index contributed by atoms with van der Waals surface area (Å²) in [5, 5.41) is 29.7. The molecule has 0 saturated carbocycles. The number of carbonyl (C=O) groups is 1. The van der Waals surface area contributed by atoms with Crippen molar-refractivity contribution in [2.45, 2.75) is 31.2 Å². The van der Waals surface area contributed by atoms with Crippen LogP contribution in [0.4, 0.5) is 4.79 Å². The van der Waals surface area contributed by atoms with E-state index < -0.39 is 24.2 Å². The van der Waals surface area contributed by atoms with Crippen LogP contribution in [0.15, 0.2) is 48.5 Å². The Labute approximate surface area is 181 Å². The topological polar surface area (TPSA) is 109 Å². The smallest absolute Gasteiger partial charge is 0.407 e. The van der Waals surface area contributed by atoms with Crippen LogP contribution < -0.4 is 9.47 Å². The summed E-state index contributed by atoms with van der Waals surface area (Å²) < 4.78 is 16.7. The van der Waals surface area contributed by atoms with Gasteiger partial charge in [0.1, 0.15) is 11.5 Å². The average molecular weight is 431 g/mol. The molecule has 8 heteroatoms. The zero-order chi connectivity index (χ0) is 22.2. The fourth-order valence-electron chi connectivity index (χ4n) is 3.75. The standard InChI is InChI=1S/C23H29NO7/c1-29-21-6-3-2-5-17(21)15-30-11-4-12-31-18-9-7-16(8-10-18)22-19(25)13-24(23(27)28)14-20(22)26/h2-3,5-10,19-20,22,25-26H,4,11-15H2,1H3,(H,27,28)/t19-,20+,22-. The van der Waals surface area contributed by atoms with E-state index in [2.05, 4.69) is 0 Å². The lowest BCUT2D eigenvalue weighted by atomic mass is 9.85. The van der Waals surface area contributed by atoms with E-state index in [9.17, 15) is 15.0 Å². The maximum atomic E-state index is 11.1. The van der Waals surface area contributed by atoms with Gasteiger partial charge in [-0.3, -0.25) is 0 Å². The van der Waals surface area contributed by atoms with Crippen molar-refractivity contribution in [2.24, 2.45) is 0 Å². The van der Waals surface area contributed by atoms with E-state index >= 15 is 0 Å². The molecule has 3 N–H and O–H groups in total. The van der Waals surface area contributed by atoms with Gasteiger partial charge in [-0.05, 0) is 23.8 Å². The molecule has 1 heterocycles. The van der Waals surface area contributed by atoms with E-state index in [1.165, 1.54) is 0 Å². The molecule has 0 bridgehead atoms. The molecule has 0 aliphatic carbocycles. The maximum absolute atomic E-state index is 11.1. The summed E-state index contributed by atoms with van der Waals surface area (Å²) in [7, 11) is 1.64. The molecule has 1 saturated heterocycles. The van der Waals surface area contributed by atoms with Gasteiger partial charge in [0.15, 0.2) is 0 Å². The number of piperidine rings is 1. The van der Waals surface area contributed by atoms with Crippen molar-refractivity contribution in [1.29, 1.82) is 0 Å². The predicted octanol–water partition coefficient (Wildman–Crippen LogP) is 2.48. The lowest BCUT2D eigenvalue weighted by Gasteiger charge is -2.38. The van der Waals surface area contributed by atoms with E-state index in [4.69, 9.17) is 19.3 Å². The molecule has 3 atom stereocenters. The maximum Gasteiger partial charge on any atom is 0.407 e. The number of carboxylic acid groups (broad SMARTS) is 1. The van der Waals surface area contributed by atoms with Crippen molar-refractivity contribution in [3.05, 3.63) is 59.7 Å². The largest absolute Gasteiger partial charge is 0.496 e. The van der Waals surface area contributed by atoms with Crippen molar-refractivity contribution in [2.75, 3.05) is 33.4 Å². The van der Waals surface area contributed by atoms with E-state index in [0.717, 1.165) is 28.2 Å². The molecule has 31 heavy (non-hydrogen) atoms. The first-order valence-corrected chi connectivity index (χ1v) is 10.3. The number of amides is 1. The molecule has 168 valence electrons. The third kappa shape index (κ3) is 6.10. The van der Waals surface area contributed by atoms with E-state index in [-0.39, 0.29) is 13.1 Å². The Morgan fingerprint density at radius 2 is 1.71 bits per heavy atom. The van der Waals surface area contributed by atoms with Gasteiger partial charge < -0.3 is 34.4 Å². The lowest BCUT2D eigenvalue weighted by Crippen LogP contribution is -2.52. The number of likely N-dealkylation sites (tertiary alicyclic amines) is 1. The molecular weight excluding hydrogens is 402 g/mol. The second-order valence-corrected chi connectivity index (χ2v) is 7.48. The molecule has 3 rings (SSSR count). The van der Waals surface area contributed by atoms with Crippen LogP contribution in [-0.2, 0) is 11.3 Å². The Balaban J connectivity index is 1.41. The molecule has 0 radical (unpaired) electrons. The Kier molecular flexibility index (Phi) is 8.11. The summed E-state index contributed by atoms with van der Waals surface area (Å²) in [6, 6.07) is 14.9. The Morgan fingerprint density at radius 3 is 2.35 bits per heavy atom. The number of ether oxygens (including phenoxy) is 3. The Hall–Kier alpha value is -2.81. The first-order valence-electron chi connectivity index (χ1n) is 10.3. The Bertz CT molecular complexity index is 830. The first-order chi connectivity index (χ1) is 15.0. The van der Waals surface area contributed by atoms with Crippen molar-refractivity contribution in [3.63, 3.8) is 0 Å². The minimum Gasteiger partial charge on any atom is -0.496 e. The van der Waals surface area contributed by atoms with E-state index in [1.54, 1.807) is 31.4 Å². The van der Waals surface area contributed by atoms with Crippen LogP contribution in [0.2, 0.25) is 0 Å². The van der Waals surface area contributed by atoms with Crippen molar-refractivity contribution in [3.8, 4) is 11.5 Å². The molecule has 1 aliphatic rings. The SMILES string of the molecule is COc1ccccc1COCCCOc1ccc([C@@H]2[C@H](O)CN(C(=O)O)C[C@@H]2O)cc1. The van der Waals surface area contributed by atoms with Gasteiger partial charge in [0.05, 0.1) is 52.2 Å². The molecule has 1 fully saturated rings. The number of nitrogens with zero attached hydrogens (tertiary/aromatic N) is 1. The number of β-amino-alcohol motifs (C(OH)–C–C–N with tert-alkyl or cyclic N) is 2. The van der Waals surface area contributed by atoms with E-state index in [0.29, 0.717) is 25.6 Å². The van der Waals surface area contributed by atoms with Crippen molar-refractivity contribution < 1.29 is 34.3 Å². The summed E-state index contributed by atoms with van der Waals surface area (Å²) in [5.74, 6) is 0.955. The average Bonchev–Trinajstić information content (AvgIpc) is 2.76. The molecule has 1 amide bonds. The van der Waals surface area contributed by atoms with Crippen molar-refractivity contribution >= 4 is 6.09 Å². The normalized spacial score (nSPS) is 21.0. The van der Waals surface area contributed by atoms with E-state index in [1.807, 2.05) is 24.3 Å². The zero-order valence-corrected chi connectivity index (χ0v) is 17.5. The van der Waals surface area contributed by atoms with Gasteiger partial charge in [-0.1, -0.05) is 30.3 Å². The van der Waals surface area contributed by atoms with Crippen LogP contribution in [0.1, 0.15) is 23.5 Å². The number of methoxy groups -OCH3 is 1. The molecule has 1 aliphatic heterocycles. The van der Waals surface area contributed by atoms with Gasteiger partial charge in [-0.2, -0.15) is 0 Å². The van der Waals surface area contributed by atoms with Crippen LogP contribution in [0.25, 0.3) is 0 Å². The third-order valence-corrected chi connectivity index (χ3v) is 5.33. The lowest BCUT2D eigenvalue weighted by molar-refractivity contribution is -0.0229. The number of hydrogen-bond acceptors (Lipinski definition) is 6. The van der Waals surface area contributed by atoms with Crippen LogP contribution in [0.5, 0.6) is 11.5 Å². The Morgan fingerprint density at radius 1 is 1.03 bits per heavy atom. The van der Waals surface area contributed by atoms with Gasteiger partial charge >= 0.3 is 6.09 Å². The molecule has 0 spiro atoms. The summed E-state index contributed by atoms with van der Waals surface area (Å²) >= 11 is 0. The highest BCUT2D eigenvalue weighted by Crippen LogP contribution is 2.30. The molecule has 2 aromatic carbocycles. The highest BCUT2D eigenvalue weighted by molar-refractivity contribution is 5.65. The summed E-state index contributed by atoms with van der Waals surface area (Å²) in [4.78, 5) is 12.1. The van der Waals surface area contributed by atoms with Crippen LogP contribution in [0, 0.1) is 0 Å². The second-order valence-electron chi connectivity index (χ2n) is 7.48. The summed E-state index contributed by atoms with van der Waals surface area (Å²) in [6.45, 7) is 1.47. The number of aliphatic hydroxyl groups is 2. The van der Waals surface area contributed by atoms with Gasteiger partial charge in [-0.25, -0.2) is 4.79 Å². The first kappa shape index (κ1) is 22.9. The second kappa shape index (κ2) is 11.0. The molecular formula is C23H29NO7. The third-order valence-electron chi connectivity index (χ3n) is 5.33. The molecule has 0 aromatic heterocycles. The number of para-hydroxylation sites is 1. The summed E-state index contributed by atoms with van der Waals surface area (Å²) in [6.07, 6.45) is -2.35. The van der Waals surface area contributed by atoms with Gasteiger partial charge in [0.25, 0.3) is 0 Å². The minimum atomic E-state index is -1.15. The predicted molar refractivity (Wildman–Crippen MR) is 114 cm³/mol. The number of hydrogen-bond donors (Lipinski definition) is 3. The number of benzene rings is 2.